The molecule has 0 aliphatic carbocycles. The molecule has 0 saturated heterocycles. The molecule has 0 radical (unpaired) electrons. The number of nitrogens with zero attached hydrogens (tertiary/aromatic N) is 2. The lowest BCUT2D eigenvalue weighted by Gasteiger charge is -2.12. The summed E-state index contributed by atoms with van der Waals surface area (Å²) in [6, 6.07) is 15.6. The van der Waals surface area contributed by atoms with Crippen molar-refractivity contribution < 1.29 is 9.53 Å². The number of aromatic nitrogens is 2. The first kappa shape index (κ1) is 20.2. The van der Waals surface area contributed by atoms with E-state index in [2.05, 4.69) is 16.0 Å². The van der Waals surface area contributed by atoms with Gasteiger partial charge in [0.25, 0.3) is 0 Å². The minimum atomic E-state index is -0.0132. The Kier molecular flexibility index (Phi) is 6.93. The summed E-state index contributed by atoms with van der Waals surface area (Å²) in [6.45, 7) is 5.72. The molecule has 0 bridgehead atoms. The van der Waals surface area contributed by atoms with Crippen molar-refractivity contribution in [3.63, 3.8) is 0 Å². The highest BCUT2D eigenvalue weighted by Crippen LogP contribution is 2.23. The van der Waals surface area contributed by atoms with Crippen molar-refractivity contribution in [3.8, 4) is 5.75 Å². The predicted molar refractivity (Wildman–Crippen MR) is 113 cm³/mol. The number of hydrogen-bond donors (Lipinski definition) is 1. The number of aryl methyl sites for hydroxylation is 1. The Morgan fingerprint density at radius 3 is 2.71 bits per heavy atom. The smallest absolute Gasteiger partial charge is 0.222 e. The summed E-state index contributed by atoms with van der Waals surface area (Å²) in [6.07, 6.45) is 1.52. The van der Waals surface area contributed by atoms with Crippen LogP contribution < -0.4 is 10.1 Å². The molecule has 28 heavy (non-hydrogen) atoms. The highest BCUT2D eigenvalue weighted by molar-refractivity contribution is 6.32. The Bertz CT molecular complexity index is 936. The lowest BCUT2D eigenvalue weighted by molar-refractivity contribution is -0.123. The van der Waals surface area contributed by atoms with Crippen molar-refractivity contribution in [1.29, 1.82) is 0 Å². The minimum Gasteiger partial charge on any atom is -0.492 e. The highest BCUT2D eigenvalue weighted by Gasteiger charge is 2.12. The van der Waals surface area contributed by atoms with E-state index in [1.807, 2.05) is 56.3 Å². The molecule has 5 nitrogen and oxygen atoms in total. The molecule has 148 valence electrons. The topological polar surface area (TPSA) is 56.2 Å². The number of fused-ring (bicyclic) bond motifs is 1. The molecule has 2 aromatic carbocycles. The third-order valence-electron chi connectivity index (χ3n) is 4.53. The Morgan fingerprint density at radius 1 is 1.18 bits per heavy atom. The number of halogens is 1. The van der Waals surface area contributed by atoms with Gasteiger partial charge in [-0.15, -0.1) is 0 Å². The fourth-order valence-electron chi connectivity index (χ4n) is 3.03. The summed E-state index contributed by atoms with van der Waals surface area (Å²) in [7, 11) is 0. The Morgan fingerprint density at radius 2 is 1.93 bits per heavy atom. The number of hydrogen-bond acceptors (Lipinski definition) is 3. The molecule has 0 aliphatic rings. The zero-order chi connectivity index (χ0) is 19.9. The van der Waals surface area contributed by atoms with E-state index in [-0.39, 0.29) is 11.8 Å². The number of imidazole rings is 1. The largest absolute Gasteiger partial charge is 0.492 e. The zero-order valence-corrected chi connectivity index (χ0v) is 17.1. The van der Waals surface area contributed by atoms with Crippen molar-refractivity contribution in [2.24, 2.45) is 5.92 Å². The van der Waals surface area contributed by atoms with E-state index < -0.39 is 0 Å². The summed E-state index contributed by atoms with van der Waals surface area (Å²) < 4.78 is 8.02. The van der Waals surface area contributed by atoms with Gasteiger partial charge in [0, 0.05) is 25.4 Å². The summed E-state index contributed by atoms with van der Waals surface area (Å²) in [4.78, 5) is 16.6. The number of para-hydroxylation sites is 3. The van der Waals surface area contributed by atoms with Gasteiger partial charge in [0.2, 0.25) is 5.91 Å². The second kappa shape index (κ2) is 9.60. The molecular weight excluding hydrogens is 374 g/mol. The van der Waals surface area contributed by atoms with Gasteiger partial charge in [0.15, 0.2) is 0 Å². The lowest BCUT2D eigenvalue weighted by atomic mass is 10.2. The third-order valence-corrected chi connectivity index (χ3v) is 4.84. The Labute approximate surface area is 170 Å². The maximum atomic E-state index is 11.8. The molecule has 0 saturated carbocycles. The summed E-state index contributed by atoms with van der Waals surface area (Å²) in [5, 5.41) is 3.59. The van der Waals surface area contributed by atoms with Gasteiger partial charge in [-0.25, -0.2) is 4.98 Å². The number of amides is 1. The van der Waals surface area contributed by atoms with Crippen LogP contribution in [0.1, 0.15) is 26.1 Å². The number of benzene rings is 2. The predicted octanol–water partition coefficient (Wildman–Crippen LogP) is 4.47. The Hall–Kier alpha value is -2.53. The van der Waals surface area contributed by atoms with Crippen molar-refractivity contribution in [3.05, 3.63) is 59.4 Å². The molecule has 0 fully saturated rings. The van der Waals surface area contributed by atoms with Crippen LogP contribution in [0.15, 0.2) is 48.5 Å². The number of nitrogens with one attached hydrogen (secondary N) is 1. The molecule has 6 heteroatoms. The van der Waals surface area contributed by atoms with Crippen LogP contribution in [-0.2, 0) is 17.8 Å². The molecule has 1 heterocycles. The molecule has 0 atom stereocenters. The second-order valence-corrected chi connectivity index (χ2v) is 7.40. The van der Waals surface area contributed by atoms with E-state index in [4.69, 9.17) is 21.3 Å². The number of carbonyl (C=O) groups excluding carboxylic acids is 1. The summed E-state index contributed by atoms with van der Waals surface area (Å²) >= 11 is 6.14. The van der Waals surface area contributed by atoms with Crippen molar-refractivity contribution >= 4 is 28.5 Å². The van der Waals surface area contributed by atoms with Crippen LogP contribution in [0.5, 0.6) is 5.75 Å². The molecule has 0 spiro atoms. The fourth-order valence-corrected chi connectivity index (χ4v) is 3.22. The van der Waals surface area contributed by atoms with Crippen molar-refractivity contribution in [1.82, 2.24) is 14.9 Å². The standard InChI is InChI=1S/C22H26ClN3O2/c1-16(2)22(27)24-13-12-21-25-18-9-4-5-10-19(18)26(21)14-7-15-28-20-11-6-3-8-17(20)23/h3-6,8-11,16H,7,12-15H2,1-2H3,(H,24,27). The average Bonchev–Trinajstić information content (AvgIpc) is 3.04. The van der Waals surface area contributed by atoms with E-state index in [1.165, 1.54) is 0 Å². The summed E-state index contributed by atoms with van der Waals surface area (Å²) in [5.41, 5.74) is 2.07. The minimum absolute atomic E-state index is 0.0132. The first-order valence-corrected chi connectivity index (χ1v) is 10.0. The van der Waals surface area contributed by atoms with Gasteiger partial charge in [-0.1, -0.05) is 49.7 Å². The van der Waals surface area contributed by atoms with E-state index in [0.717, 1.165) is 29.8 Å². The van der Waals surface area contributed by atoms with E-state index in [0.29, 0.717) is 30.3 Å². The fraction of sp³-hybridized carbons (Fsp3) is 0.364. The molecular formula is C22H26ClN3O2. The molecule has 0 unspecified atom stereocenters. The molecule has 1 amide bonds. The lowest BCUT2D eigenvalue weighted by Crippen LogP contribution is -2.30. The third kappa shape index (κ3) is 5.04. The van der Waals surface area contributed by atoms with Gasteiger partial charge in [0.1, 0.15) is 11.6 Å². The second-order valence-electron chi connectivity index (χ2n) is 7.00. The maximum Gasteiger partial charge on any atom is 0.222 e. The quantitative estimate of drug-likeness (QED) is 0.540. The molecule has 3 rings (SSSR count). The van der Waals surface area contributed by atoms with Crippen molar-refractivity contribution in [2.75, 3.05) is 13.2 Å². The zero-order valence-electron chi connectivity index (χ0n) is 16.3. The summed E-state index contributed by atoms with van der Waals surface area (Å²) in [5.74, 6) is 1.73. The normalized spacial score (nSPS) is 11.1. The van der Waals surface area contributed by atoms with E-state index >= 15 is 0 Å². The highest BCUT2D eigenvalue weighted by atomic mass is 35.5. The van der Waals surface area contributed by atoms with Crippen LogP contribution in [0.3, 0.4) is 0 Å². The van der Waals surface area contributed by atoms with Gasteiger partial charge in [-0.3, -0.25) is 4.79 Å². The molecule has 0 aliphatic heterocycles. The van der Waals surface area contributed by atoms with E-state index in [9.17, 15) is 4.79 Å². The van der Waals surface area contributed by atoms with Gasteiger partial charge in [-0.2, -0.15) is 0 Å². The van der Waals surface area contributed by atoms with Gasteiger partial charge in [-0.05, 0) is 30.7 Å². The van der Waals surface area contributed by atoms with Crippen molar-refractivity contribution in [2.45, 2.75) is 33.2 Å². The van der Waals surface area contributed by atoms with Crippen LogP contribution in [0, 0.1) is 5.92 Å². The van der Waals surface area contributed by atoms with Gasteiger partial charge >= 0.3 is 0 Å². The van der Waals surface area contributed by atoms with Crippen LogP contribution >= 0.6 is 11.6 Å². The molecule has 1 N–H and O–H groups in total. The average molecular weight is 400 g/mol. The monoisotopic (exact) mass is 399 g/mol. The SMILES string of the molecule is CC(C)C(=O)NCCc1nc2ccccc2n1CCCOc1ccccc1Cl. The van der Waals surface area contributed by atoms with Gasteiger partial charge in [0.05, 0.1) is 22.7 Å². The maximum absolute atomic E-state index is 11.8. The Balaban J connectivity index is 1.63. The van der Waals surface area contributed by atoms with E-state index in [1.54, 1.807) is 0 Å². The number of ether oxygens (including phenoxy) is 1. The van der Waals surface area contributed by atoms with Crippen LogP contribution in [0.2, 0.25) is 5.02 Å². The first-order valence-electron chi connectivity index (χ1n) is 9.65. The van der Waals surface area contributed by atoms with Gasteiger partial charge < -0.3 is 14.6 Å². The van der Waals surface area contributed by atoms with Crippen LogP contribution in [0.25, 0.3) is 11.0 Å². The number of carbonyl (C=O) groups is 1. The molecule has 3 aromatic rings. The first-order chi connectivity index (χ1) is 13.6. The number of rotatable bonds is 9. The van der Waals surface area contributed by atoms with Crippen LogP contribution in [-0.4, -0.2) is 28.6 Å². The molecule has 1 aromatic heterocycles. The van der Waals surface area contributed by atoms with Crippen LogP contribution in [0.4, 0.5) is 0 Å².